The molecule has 0 aromatic carbocycles. The lowest BCUT2D eigenvalue weighted by Crippen LogP contribution is -2.50. The highest BCUT2D eigenvalue weighted by molar-refractivity contribution is 5.93. The molecule has 3 atom stereocenters. The van der Waals surface area contributed by atoms with Crippen molar-refractivity contribution >= 4 is 5.91 Å². The Morgan fingerprint density at radius 1 is 1.25 bits per heavy atom. The summed E-state index contributed by atoms with van der Waals surface area (Å²) in [7, 11) is 2.18. The second-order valence-corrected chi connectivity index (χ2v) is 7.45. The van der Waals surface area contributed by atoms with Crippen LogP contribution in [0.5, 0.6) is 0 Å². The summed E-state index contributed by atoms with van der Waals surface area (Å²) in [5.41, 5.74) is 0.656. The number of rotatable bonds is 3. The molecule has 3 fully saturated rings. The van der Waals surface area contributed by atoms with Gasteiger partial charge in [0.2, 0.25) is 0 Å². The molecule has 3 saturated heterocycles. The molecule has 0 saturated carbocycles. The van der Waals surface area contributed by atoms with Crippen LogP contribution in [0.3, 0.4) is 0 Å². The van der Waals surface area contributed by atoms with Crippen LogP contribution in [0.4, 0.5) is 0 Å². The van der Waals surface area contributed by atoms with Gasteiger partial charge in [0.15, 0.2) is 0 Å². The van der Waals surface area contributed by atoms with Crippen molar-refractivity contribution in [3.8, 4) is 0 Å². The summed E-state index contributed by atoms with van der Waals surface area (Å²) in [5.74, 6) is 1.16. The maximum atomic E-state index is 12.6. The highest BCUT2D eigenvalue weighted by Crippen LogP contribution is 2.35. The van der Waals surface area contributed by atoms with Crippen molar-refractivity contribution in [1.82, 2.24) is 14.7 Å². The SMILES string of the molecule is CN1CCN(C[C@@H]2OC[C@H]3CCN(C(=O)c4ccoc4)C[C@H]32)CC1. The maximum Gasteiger partial charge on any atom is 0.257 e. The van der Waals surface area contributed by atoms with Crippen LogP contribution in [0.1, 0.15) is 16.8 Å². The van der Waals surface area contributed by atoms with E-state index in [1.165, 1.54) is 0 Å². The fraction of sp³-hybridized carbons (Fsp3) is 0.722. The van der Waals surface area contributed by atoms with Gasteiger partial charge < -0.3 is 19.0 Å². The van der Waals surface area contributed by atoms with E-state index in [0.29, 0.717) is 17.4 Å². The van der Waals surface area contributed by atoms with Gasteiger partial charge in [-0.25, -0.2) is 0 Å². The summed E-state index contributed by atoms with van der Waals surface area (Å²) in [4.78, 5) is 19.5. The number of carbonyl (C=O) groups excluding carboxylic acids is 1. The van der Waals surface area contributed by atoms with Crippen molar-refractivity contribution in [1.29, 1.82) is 0 Å². The Balaban J connectivity index is 1.37. The summed E-state index contributed by atoms with van der Waals surface area (Å²) >= 11 is 0. The highest BCUT2D eigenvalue weighted by atomic mass is 16.5. The number of hydrogen-bond donors (Lipinski definition) is 0. The highest BCUT2D eigenvalue weighted by Gasteiger charge is 2.42. The Morgan fingerprint density at radius 3 is 2.83 bits per heavy atom. The van der Waals surface area contributed by atoms with E-state index >= 15 is 0 Å². The number of piperazine rings is 1. The average molecular weight is 333 g/mol. The van der Waals surface area contributed by atoms with Gasteiger partial charge in [0, 0.05) is 51.7 Å². The number of fused-ring (bicyclic) bond motifs is 1. The predicted octanol–water partition coefficient (Wildman–Crippen LogP) is 1.00. The van der Waals surface area contributed by atoms with Crippen molar-refractivity contribution in [2.45, 2.75) is 12.5 Å². The molecule has 132 valence electrons. The molecule has 0 radical (unpaired) electrons. The monoisotopic (exact) mass is 333 g/mol. The Morgan fingerprint density at radius 2 is 2.08 bits per heavy atom. The molecule has 4 heterocycles. The topological polar surface area (TPSA) is 49.2 Å². The van der Waals surface area contributed by atoms with Crippen LogP contribution in [0.25, 0.3) is 0 Å². The zero-order valence-corrected chi connectivity index (χ0v) is 14.4. The molecular formula is C18H27N3O3. The lowest BCUT2D eigenvalue weighted by Gasteiger charge is -2.38. The quantitative estimate of drug-likeness (QED) is 0.826. The van der Waals surface area contributed by atoms with Gasteiger partial charge in [0.05, 0.1) is 24.5 Å². The van der Waals surface area contributed by atoms with Crippen molar-refractivity contribution < 1.29 is 13.9 Å². The Kier molecular flexibility index (Phi) is 4.61. The van der Waals surface area contributed by atoms with E-state index in [2.05, 4.69) is 16.8 Å². The molecule has 1 amide bonds. The van der Waals surface area contributed by atoms with Gasteiger partial charge in [-0.1, -0.05) is 0 Å². The summed E-state index contributed by atoms with van der Waals surface area (Å²) in [6.07, 6.45) is 4.42. The van der Waals surface area contributed by atoms with E-state index in [1.807, 2.05) is 4.90 Å². The second-order valence-electron chi connectivity index (χ2n) is 7.45. The van der Waals surface area contributed by atoms with Gasteiger partial charge in [0.1, 0.15) is 6.26 Å². The van der Waals surface area contributed by atoms with Gasteiger partial charge >= 0.3 is 0 Å². The average Bonchev–Trinajstić information content (AvgIpc) is 3.26. The molecule has 6 nitrogen and oxygen atoms in total. The number of piperidine rings is 1. The molecule has 0 spiro atoms. The predicted molar refractivity (Wildman–Crippen MR) is 89.9 cm³/mol. The summed E-state index contributed by atoms with van der Waals surface area (Å²) in [6, 6.07) is 1.75. The number of furan rings is 1. The van der Waals surface area contributed by atoms with E-state index in [1.54, 1.807) is 18.6 Å². The minimum Gasteiger partial charge on any atom is -0.472 e. The molecule has 1 aromatic rings. The van der Waals surface area contributed by atoms with Crippen molar-refractivity contribution in [2.24, 2.45) is 11.8 Å². The number of nitrogens with zero attached hydrogens (tertiary/aromatic N) is 3. The first-order chi connectivity index (χ1) is 11.7. The maximum absolute atomic E-state index is 12.6. The number of amides is 1. The molecule has 3 aliphatic rings. The normalized spacial score (nSPS) is 32.0. The zero-order valence-electron chi connectivity index (χ0n) is 14.4. The molecule has 0 unspecified atom stereocenters. The van der Waals surface area contributed by atoms with Crippen LogP contribution in [-0.2, 0) is 4.74 Å². The summed E-state index contributed by atoms with van der Waals surface area (Å²) in [6.45, 7) is 8.00. The lowest BCUT2D eigenvalue weighted by atomic mass is 9.84. The van der Waals surface area contributed by atoms with Crippen LogP contribution in [0.2, 0.25) is 0 Å². The van der Waals surface area contributed by atoms with Gasteiger partial charge in [-0.15, -0.1) is 0 Å². The van der Waals surface area contributed by atoms with E-state index in [0.717, 1.165) is 58.8 Å². The molecule has 3 aliphatic heterocycles. The zero-order chi connectivity index (χ0) is 16.5. The minimum absolute atomic E-state index is 0.0902. The first kappa shape index (κ1) is 16.1. The van der Waals surface area contributed by atoms with Crippen LogP contribution in [0.15, 0.2) is 23.0 Å². The largest absolute Gasteiger partial charge is 0.472 e. The van der Waals surface area contributed by atoms with Gasteiger partial charge in [0.25, 0.3) is 5.91 Å². The first-order valence-corrected chi connectivity index (χ1v) is 9.04. The summed E-state index contributed by atoms with van der Waals surface area (Å²) < 4.78 is 11.2. The number of carbonyl (C=O) groups is 1. The lowest BCUT2D eigenvalue weighted by molar-refractivity contribution is 0.0291. The minimum atomic E-state index is 0.0902. The van der Waals surface area contributed by atoms with Gasteiger partial charge in [-0.2, -0.15) is 0 Å². The molecule has 6 heteroatoms. The van der Waals surface area contributed by atoms with Crippen molar-refractivity contribution in [2.75, 3.05) is 59.5 Å². The van der Waals surface area contributed by atoms with E-state index < -0.39 is 0 Å². The third-order valence-electron chi connectivity index (χ3n) is 5.90. The molecule has 4 rings (SSSR count). The fourth-order valence-electron chi connectivity index (χ4n) is 4.26. The number of hydrogen-bond acceptors (Lipinski definition) is 5. The van der Waals surface area contributed by atoms with Crippen LogP contribution < -0.4 is 0 Å². The van der Waals surface area contributed by atoms with Crippen molar-refractivity contribution in [3.63, 3.8) is 0 Å². The molecule has 1 aromatic heterocycles. The van der Waals surface area contributed by atoms with E-state index in [4.69, 9.17) is 9.15 Å². The van der Waals surface area contributed by atoms with Crippen LogP contribution >= 0.6 is 0 Å². The Hall–Kier alpha value is -1.37. The fourth-order valence-corrected chi connectivity index (χ4v) is 4.26. The molecule has 0 N–H and O–H groups in total. The third-order valence-corrected chi connectivity index (χ3v) is 5.90. The first-order valence-electron chi connectivity index (χ1n) is 9.04. The Bertz CT molecular complexity index is 554. The van der Waals surface area contributed by atoms with E-state index in [-0.39, 0.29) is 12.0 Å². The molecule has 0 aliphatic carbocycles. The Labute approximate surface area is 143 Å². The smallest absolute Gasteiger partial charge is 0.257 e. The molecule has 24 heavy (non-hydrogen) atoms. The van der Waals surface area contributed by atoms with Crippen LogP contribution in [0, 0.1) is 11.8 Å². The second kappa shape index (κ2) is 6.86. The summed E-state index contributed by atoms with van der Waals surface area (Å²) in [5, 5.41) is 0. The number of likely N-dealkylation sites (tertiary alicyclic amines) is 1. The van der Waals surface area contributed by atoms with Crippen LogP contribution in [-0.4, -0.2) is 86.2 Å². The van der Waals surface area contributed by atoms with E-state index in [9.17, 15) is 4.79 Å². The molecule has 0 bridgehead atoms. The number of ether oxygens (including phenoxy) is 1. The van der Waals surface area contributed by atoms with Gasteiger partial charge in [-0.05, 0) is 25.5 Å². The standard InChI is InChI=1S/C18H27N3O3/c1-19-5-7-20(8-6-19)11-17-16-10-21(4-2-14(16)13-24-17)18(22)15-3-9-23-12-15/h3,9,12,14,16-17H,2,4-8,10-11,13H2,1H3/t14-,16-,17+/m1/s1. The third kappa shape index (κ3) is 3.23. The molecular weight excluding hydrogens is 306 g/mol. The van der Waals surface area contributed by atoms with Gasteiger partial charge in [-0.3, -0.25) is 9.69 Å². The number of likely N-dealkylation sites (N-methyl/N-ethyl adjacent to an activating group) is 1. The van der Waals surface area contributed by atoms with Crippen molar-refractivity contribution in [3.05, 3.63) is 24.2 Å².